The van der Waals surface area contributed by atoms with Crippen molar-refractivity contribution in [2.75, 3.05) is 6.54 Å². The molecule has 1 aliphatic rings. The summed E-state index contributed by atoms with van der Waals surface area (Å²) in [4.78, 5) is 0. The summed E-state index contributed by atoms with van der Waals surface area (Å²) < 4.78 is 0. The molecule has 1 fully saturated rings. The molecule has 0 aromatic carbocycles. The number of rotatable bonds is 0. The number of hydrogen-bond donors (Lipinski definition) is 1. The molecule has 0 aromatic heterocycles. The zero-order valence-electron chi connectivity index (χ0n) is 5.06. The van der Waals surface area contributed by atoms with Gasteiger partial charge in [0.2, 0.25) is 0 Å². The Bertz CT molecular complexity index is 50.5. The van der Waals surface area contributed by atoms with Crippen LogP contribution in [0.5, 0.6) is 0 Å². The van der Waals surface area contributed by atoms with Gasteiger partial charge in [0, 0.05) is 32.7 Å². The van der Waals surface area contributed by atoms with E-state index in [1.807, 2.05) is 0 Å². The molecule has 1 atom stereocenters. The Morgan fingerprint density at radius 3 is 2.62 bits per heavy atom. The molecule has 8 heavy (non-hydrogen) atoms. The summed E-state index contributed by atoms with van der Waals surface area (Å²) in [6, 6.07) is 0. The van der Waals surface area contributed by atoms with Gasteiger partial charge in [-0.3, -0.25) is 12.5 Å². The van der Waals surface area contributed by atoms with Crippen molar-refractivity contribution in [3.8, 4) is 0 Å². The van der Waals surface area contributed by atoms with Crippen molar-refractivity contribution in [3.63, 3.8) is 0 Å². The molecule has 2 heteroatoms. The molecule has 0 aliphatic carbocycles. The molecule has 1 saturated heterocycles. The summed E-state index contributed by atoms with van der Waals surface area (Å²) in [6.45, 7) is 7.10. The summed E-state index contributed by atoms with van der Waals surface area (Å²) in [7, 11) is 0. The first kappa shape index (κ1) is 9.06. The first-order valence-corrected chi connectivity index (χ1v) is 2.79. The van der Waals surface area contributed by atoms with Gasteiger partial charge >= 0.3 is 0 Å². The van der Waals surface area contributed by atoms with Crippen LogP contribution in [0, 0.1) is 19.4 Å². The van der Waals surface area contributed by atoms with Crippen LogP contribution < -0.4 is 5.32 Å². The van der Waals surface area contributed by atoms with Gasteiger partial charge in [0.1, 0.15) is 0 Å². The van der Waals surface area contributed by atoms with E-state index in [0.29, 0.717) is 5.92 Å². The average molecular weight is 186 g/mol. The average Bonchev–Trinajstić information content (AvgIpc) is 1.69. The third-order valence-electron chi connectivity index (χ3n) is 1.25. The Morgan fingerprint density at radius 2 is 2.38 bits per heavy atom. The van der Waals surface area contributed by atoms with Crippen molar-refractivity contribution >= 4 is 0 Å². The molecule has 0 bridgehead atoms. The van der Waals surface area contributed by atoms with Gasteiger partial charge in [0.25, 0.3) is 0 Å². The van der Waals surface area contributed by atoms with E-state index in [4.69, 9.17) is 0 Å². The maximum atomic E-state index is 3.88. The van der Waals surface area contributed by atoms with E-state index < -0.39 is 0 Å². The quantitative estimate of drug-likeness (QED) is 0.556. The first-order valence-electron chi connectivity index (χ1n) is 2.79. The van der Waals surface area contributed by atoms with E-state index in [0.717, 1.165) is 6.54 Å². The predicted octanol–water partition coefficient (Wildman–Crippen LogP) is 0.979. The van der Waals surface area contributed by atoms with Crippen LogP contribution in [0.15, 0.2) is 0 Å². The largest absolute Gasteiger partial charge is 0.472 e. The molecule has 1 nitrogen and oxygen atoms in total. The maximum Gasteiger partial charge on any atom is 0 e. The van der Waals surface area contributed by atoms with E-state index in [1.165, 1.54) is 12.8 Å². The Labute approximate surface area is 76.5 Å². The van der Waals surface area contributed by atoms with Crippen molar-refractivity contribution in [3.05, 3.63) is 13.5 Å². The molecule has 0 spiro atoms. The SMILES string of the molecule is [CH2-]C1[CH-]NCCC1.[Y]. The van der Waals surface area contributed by atoms with Crippen LogP contribution in [0.2, 0.25) is 0 Å². The zero-order valence-corrected chi connectivity index (χ0v) is 7.90. The molecule has 0 saturated carbocycles. The summed E-state index contributed by atoms with van der Waals surface area (Å²) in [5, 5.41) is 3.15. The fraction of sp³-hybridized carbons (Fsp3) is 0.667. The number of hydrogen-bond acceptors (Lipinski definition) is 1. The van der Waals surface area contributed by atoms with Gasteiger partial charge in [-0.15, -0.1) is 6.42 Å². The molecular formula is C6H11NY-2. The first-order chi connectivity index (χ1) is 3.39. The minimum atomic E-state index is 0. The molecule has 45 valence electrons. The molecule has 1 aliphatic heterocycles. The Kier molecular flexibility index (Phi) is 5.55. The van der Waals surface area contributed by atoms with Gasteiger partial charge in [-0.1, -0.05) is 0 Å². The zero-order chi connectivity index (χ0) is 5.11. The fourth-order valence-electron chi connectivity index (χ4n) is 0.800. The van der Waals surface area contributed by atoms with Crippen molar-refractivity contribution in [1.82, 2.24) is 5.32 Å². The Morgan fingerprint density at radius 1 is 1.62 bits per heavy atom. The standard InChI is InChI=1S/C6H11N.Y/c1-6-3-2-4-7-5-6;/h5-7H,1-4H2;/q-2;. The third kappa shape index (κ3) is 3.16. The predicted molar refractivity (Wildman–Crippen MR) is 30.4 cm³/mol. The molecular weight excluding hydrogens is 175 g/mol. The van der Waals surface area contributed by atoms with Crippen molar-refractivity contribution in [2.45, 2.75) is 12.8 Å². The van der Waals surface area contributed by atoms with Crippen LogP contribution in [0.3, 0.4) is 0 Å². The van der Waals surface area contributed by atoms with Gasteiger partial charge in [-0.25, -0.2) is 0 Å². The minimum Gasteiger partial charge on any atom is -0.472 e. The van der Waals surface area contributed by atoms with Crippen molar-refractivity contribution in [1.29, 1.82) is 0 Å². The van der Waals surface area contributed by atoms with E-state index >= 15 is 0 Å². The van der Waals surface area contributed by atoms with E-state index in [9.17, 15) is 0 Å². The van der Waals surface area contributed by atoms with Gasteiger partial charge in [-0.05, 0) is 13.0 Å². The van der Waals surface area contributed by atoms with Crippen LogP contribution in [0.25, 0.3) is 0 Å². The van der Waals surface area contributed by atoms with E-state index in [1.54, 1.807) is 0 Å². The summed E-state index contributed by atoms with van der Waals surface area (Å²) in [5.74, 6) is 0.550. The summed E-state index contributed by atoms with van der Waals surface area (Å²) >= 11 is 0. The van der Waals surface area contributed by atoms with Crippen LogP contribution in [0.4, 0.5) is 0 Å². The van der Waals surface area contributed by atoms with Crippen LogP contribution in [-0.2, 0) is 32.7 Å². The topological polar surface area (TPSA) is 12.0 Å². The molecule has 1 unspecified atom stereocenters. The molecule has 1 heterocycles. The normalized spacial score (nSPS) is 28.9. The minimum absolute atomic E-state index is 0. The van der Waals surface area contributed by atoms with Crippen LogP contribution >= 0.6 is 0 Å². The van der Waals surface area contributed by atoms with Crippen molar-refractivity contribution in [2.24, 2.45) is 5.92 Å². The number of piperidine rings is 1. The Hall–Kier alpha value is 1.06. The van der Waals surface area contributed by atoms with Crippen molar-refractivity contribution < 1.29 is 32.7 Å². The van der Waals surface area contributed by atoms with E-state index in [2.05, 4.69) is 18.8 Å². The smallest absolute Gasteiger partial charge is 0 e. The van der Waals surface area contributed by atoms with Crippen LogP contribution in [0.1, 0.15) is 12.8 Å². The summed E-state index contributed by atoms with van der Waals surface area (Å²) in [5.41, 5.74) is 0. The molecule has 1 N–H and O–H groups in total. The summed E-state index contributed by atoms with van der Waals surface area (Å²) in [6.07, 6.45) is 2.54. The third-order valence-corrected chi connectivity index (χ3v) is 1.25. The van der Waals surface area contributed by atoms with Gasteiger partial charge in [0.05, 0.1) is 0 Å². The van der Waals surface area contributed by atoms with E-state index in [-0.39, 0.29) is 32.7 Å². The molecule has 0 aromatic rings. The van der Waals surface area contributed by atoms with Gasteiger partial charge in [0.15, 0.2) is 0 Å². The van der Waals surface area contributed by atoms with Gasteiger partial charge < -0.3 is 12.2 Å². The second kappa shape index (κ2) is 4.90. The van der Waals surface area contributed by atoms with Gasteiger partial charge in [-0.2, -0.15) is 0 Å². The Balaban J connectivity index is 0.000000490. The molecule has 1 radical (unpaired) electrons. The maximum absolute atomic E-state index is 3.88. The number of nitrogens with one attached hydrogen (secondary N) is 1. The molecule has 0 amide bonds. The monoisotopic (exact) mass is 186 g/mol. The second-order valence-electron chi connectivity index (χ2n) is 2.02. The second-order valence-corrected chi connectivity index (χ2v) is 2.02. The fourth-order valence-corrected chi connectivity index (χ4v) is 0.800. The van der Waals surface area contributed by atoms with Crippen LogP contribution in [-0.4, -0.2) is 6.54 Å². The molecule has 1 rings (SSSR count).